The van der Waals surface area contributed by atoms with Crippen LogP contribution in [0.15, 0.2) is 113 Å². The Kier molecular flexibility index (Phi) is 5.60. The smallest absolute Gasteiger partial charge is 0.254 e. The molecule has 6 aromatic rings. The van der Waals surface area contributed by atoms with Crippen molar-refractivity contribution in [3.63, 3.8) is 0 Å². The first-order valence-electron chi connectivity index (χ1n) is 11.5. The van der Waals surface area contributed by atoms with Gasteiger partial charge in [0, 0.05) is 17.5 Å². The van der Waals surface area contributed by atoms with Crippen molar-refractivity contribution < 1.29 is 9.21 Å². The molecule has 0 atom stereocenters. The summed E-state index contributed by atoms with van der Waals surface area (Å²) in [5.74, 6) is 0.729. The Labute approximate surface area is 207 Å². The number of nitrogens with zero attached hydrogens (tertiary/aromatic N) is 2. The van der Waals surface area contributed by atoms with Crippen LogP contribution in [0.1, 0.15) is 21.7 Å². The lowest BCUT2D eigenvalue weighted by Crippen LogP contribution is -2.30. The number of rotatable bonds is 6. The van der Waals surface area contributed by atoms with E-state index < -0.39 is 0 Å². The van der Waals surface area contributed by atoms with Gasteiger partial charge in [0.1, 0.15) is 11.3 Å². The van der Waals surface area contributed by atoms with Crippen molar-refractivity contribution in [2.45, 2.75) is 13.1 Å². The van der Waals surface area contributed by atoms with Gasteiger partial charge in [0.2, 0.25) is 0 Å². The van der Waals surface area contributed by atoms with Crippen LogP contribution in [0, 0.1) is 0 Å². The molecule has 170 valence electrons. The van der Waals surface area contributed by atoms with Gasteiger partial charge < -0.3 is 9.32 Å². The van der Waals surface area contributed by atoms with Crippen LogP contribution in [0.25, 0.3) is 32.3 Å². The minimum atomic E-state index is -0.0344. The quantitative estimate of drug-likeness (QED) is 0.250. The average molecular weight is 475 g/mol. The molecule has 4 aromatic carbocycles. The summed E-state index contributed by atoms with van der Waals surface area (Å²) in [6.07, 6.45) is 0. The third-order valence-electron chi connectivity index (χ3n) is 6.12. The molecule has 0 spiro atoms. The SMILES string of the molecule is O=C(c1ccc2ncsc2c1)N(Cc1ccc(-c2ccccc2)cc1)Cc1cc2ccccc2o1. The molecule has 0 aliphatic rings. The normalized spacial score (nSPS) is 11.2. The molecule has 5 heteroatoms. The molecule has 0 unspecified atom stereocenters. The molecule has 6 rings (SSSR count). The van der Waals surface area contributed by atoms with Crippen molar-refractivity contribution in [1.82, 2.24) is 9.88 Å². The van der Waals surface area contributed by atoms with Crippen LogP contribution in [0.5, 0.6) is 0 Å². The fraction of sp³-hybridized carbons (Fsp3) is 0.0667. The van der Waals surface area contributed by atoms with E-state index >= 15 is 0 Å². The summed E-state index contributed by atoms with van der Waals surface area (Å²) >= 11 is 1.54. The standard InChI is InChI=1S/C30H22N2O2S/c33-30(25-14-15-27-29(17-25)35-20-31-27)32(19-26-16-24-8-4-5-9-28(24)34-26)18-21-10-12-23(13-11-21)22-6-2-1-3-7-22/h1-17,20H,18-19H2. The van der Waals surface area contributed by atoms with Gasteiger partial charge >= 0.3 is 0 Å². The molecule has 0 saturated carbocycles. The summed E-state index contributed by atoms with van der Waals surface area (Å²) in [5, 5.41) is 1.04. The van der Waals surface area contributed by atoms with Gasteiger partial charge in [-0.2, -0.15) is 0 Å². The number of para-hydroxylation sites is 1. The van der Waals surface area contributed by atoms with Crippen LogP contribution in [0.4, 0.5) is 0 Å². The van der Waals surface area contributed by atoms with E-state index in [-0.39, 0.29) is 5.91 Å². The van der Waals surface area contributed by atoms with Gasteiger partial charge in [-0.3, -0.25) is 4.79 Å². The van der Waals surface area contributed by atoms with Gasteiger partial charge in [0.25, 0.3) is 5.91 Å². The lowest BCUT2D eigenvalue weighted by Gasteiger charge is -2.22. The van der Waals surface area contributed by atoms with E-state index in [1.807, 2.05) is 71.6 Å². The number of fused-ring (bicyclic) bond motifs is 2. The maximum absolute atomic E-state index is 13.7. The van der Waals surface area contributed by atoms with Crippen molar-refractivity contribution in [2.75, 3.05) is 0 Å². The second-order valence-corrected chi connectivity index (χ2v) is 9.40. The highest BCUT2D eigenvalue weighted by Gasteiger charge is 2.19. The third-order valence-corrected chi connectivity index (χ3v) is 6.91. The molecule has 35 heavy (non-hydrogen) atoms. The Balaban J connectivity index is 1.31. The first kappa shape index (κ1) is 21.3. The van der Waals surface area contributed by atoms with E-state index in [2.05, 4.69) is 41.4 Å². The molecule has 0 bridgehead atoms. The van der Waals surface area contributed by atoms with Crippen molar-refractivity contribution in [1.29, 1.82) is 0 Å². The van der Waals surface area contributed by atoms with Crippen LogP contribution >= 0.6 is 11.3 Å². The molecule has 0 fully saturated rings. The number of hydrogen-bond donors (Lipinski definition) is 0. The summed E-state index contributed by atoms with van der Waals surface area (Å²) < 4.78 is 7.06. The van der Waals surface area contributed by atoms with E-state index in [0.29, 0.717) is 18.7 Å². The minimum Gasteiger partial charge on any atom is -0.459 e. The fourth-order valence-corrected chi connectivity index (χ4v) is 5.04. The average Bonchev–Trinajstić information content (AvgIpc) is 3.55. The van der Waals surface area contributed by atoms with Gasteiger partial charge in [0.15, 0.2) is 0 Å². The van der Waals surface area contributed by atoms with Gasteiger partial charge in [-0.05, 0) is 47.0 Å². The Bertz CT molecular complexity index is 1580. The van der Waals surface area contributed by atoms with Crippen molar-refractivity contribution in [3.05, 3.63) is 126 Å². The number of amides is 1. The van der Waals surface area contributed by atoms with Gasteiger partial charge in [0.05, 0.1) is 22.3 Å². The van der Waals surface area contributed by atoms with Crippen LogP contribution < -0.4 is 0 Å². The highest BCUT2D eigenvalue weighted by atomic mass is 32.1. The maximum atomic E-state index is 13.7. The summed E-state index contributed by atoms with van der Waals surface area (Å²) in [6, 6.07) is 34.3. The topological polar surface area (TPSA) is 46.3 Å². The molecule has 0 aliphatic carbocycles. The second kappa shape index (κ2) is 9.20. The number of aromatic nitrogens is 1. The van der Waals surface area contributed by atoms with Crippen LogP contribution in [-0.2, 0) is 13.1 Å². The molecular formula is C30H22N2O2S. The summed E-state index contributed by atoms with van der Waals surface area (Å²) in [7, 11) is 0. The molecule has 0 saturated heterocycles. The molecule has 0 N–H and O–H groups in total. The predicted octanol–water partition coefficient (Wildman–Crippen LogP) is 7.55. The number of benzene rings is 4. The Morgan fingerprint density at radius 3 is 2.40 bits per heavy atom. The zero-order chi connectivity index (χ0) is 23.6. The van der Waals surface area contributed by atoms with Crippen LogP contribution in [-0.4, -0.2) is 15.8 Å². The third kappa shape index (κ3) is 4.46. The molecule has 4 nitrogen and oxygen atoms in total. The molecule has 0 aliphatic heterocycles. The number of carbonyl (C=O) groups excluding carboxylic acids is 1. The lowest BCUT2D eigenvalue weighted by atomic mass is 10.0. The number of hydrogen-bond acceptors (Lipinski definition) is 4. The zero-order valence-electron chi connectivity index (χ0n) is 18.9. The maximum Gasteiger partial charge on any atom is 0.254 e. The second-order valence-electron chi connectivity index (χ2n) is 8.51. The molecule has 0 radical (unpaired) electrons. The Morgan fingerprint density at radius 2 is 1.57 bits per heavy atom. The van der Waals surface area contributed by atoms with Gasteiger partial charge in [-0.15, -0.1) is 11.3 Å². The van der Waals surface area contributed by atoms with E-state index in [9.17, 15) is 4.79 Å². The van der Waals surface area contributed by atoms with Crippen molar-refractivity contribution >= 4 is 38.4 Å². The van der Waals surface area contributed by atoms with E-state index in [4.69, 9.17) is 4.42 Å². The number of furan rings is 1. The Morgan fingerprint density at radius 1 is 0.800 bits per heavy atom. The molecule has 1 amide bonds. The van der Waals surface area contributed by atoms with E-state index in [1.165, 1.54) is 5.56 Å². The monoisotopic (exact) mass is 474 g/mol. The van der Waals surface area contributed by atoms with E-state index in [1.54, 1.807) is 16.8 Å². The first-order valence-corrected chi connectivity index (χ1v) is 12.4. The van der Waals surface area contributed by atoms with Gasteiger partial charge in [-0.25, -0.2) is 4.98 Å². The minimum absolute atomic E-state index is 0.0344. The largest absolute Gasteiger partial charge is 0.459 e. The van der Waals surface area contributed by atoms with Crippen molar-refractivity contribution in [3.8, 4) is 11.1 Å². The van der Waals surface area contributed by atoms with Gasteiger partial charge in [-0.1, -0.05) is 72.8 Å². The first-order chi connectivity index (χ1) is 17.2. The summed E-state index contributed by atoms with van der Waals surface area (Å²) in [6.45, 7) is 0.861. The highest BCUT2D eigenvalue weighted by Crippen LogP contribution is 2.25. The molecular weight excluding hydrogens is 452 g/mol. The highest BCUT2D eigenvalue weighted by molar-refractivity contribution is 7.16. The van der Waals surface area contributed by atoms with Crippen LogP contribution in [0.3, 0.4) is 0 Å². The lowest BCUT2D eigenvalue weighted by molar-refractivity contribution is 0.0719. The summed E-state index contributed by atoms with van der Waals surface area (Å²) in [5.41, 5.74) is 7.58. The molecule has 2 heterocycles. The van der Waals surface area contributed by atoms with E-state index in [0.717, 1.165) is 38.1 Å². The van der Waals surface area contributed by atoms with Crippen molar-refractivity contribution in [2.24, 2.45) is 0 Å². The summed E-state index contributed by atoms with van der Waals surface area (Å²) in [4.78, 5) is 19.9. The molecule has 2 aromatic heterocycles. The number of thiazole rings is 1. The number of carbonyl (C=O) groups is 1. The van der Waals surface area contributed by atoms with Crippen LogP contribution in [0.2, 0.25) is 0 Å². The Hall–Kier alpha value is -4.22. The predicted molar refractivity (Wildman–Crippen MR) is 141 cm³/mol. The zero-order valence-corrected chi connectivity index (χ0v) is 19.7. The fourth-order valence-electron chi connectivity index (χ4n) is 4.33.